The van der Waals surface area contributed by atoms with Crippen LogP contribution < -0.4 is 5.32 Å². The molecule has 2 N–H and O–H groups in total. The first kappa shape index (κ1) is 48.5. The predicted molar refractivity (Wildman–Crippen MR) is 249 cm³/mol. The van der Waals surface area contributed by atoms with E-state index in [1.165, 1.54) is 24.0 Å². The number of nitrogens with one attached hydrogen (secondary N) is 1. The third-order valence-electron chi connectivity index (χ3n) is 17.3. The van der Waals surface area contributed by atoms with Gasteiger partial charge in [0, 0.05) is 61.4 Å². The highest BCUT2D eigenvalue weighted by Crippen LogP contribution is 2.65. The van der Waals surface area contributed by atoms with Gasteiger partial charge >= 0.3 is 6.18 Å². The number of hydrogen-bond acceptors (Lipinski definition) is 7. The summed E-state index contributed by atoms with van der Waals surface area (Å²) in [5.74, 6) is -0.932. The number of aliphatic hydroxyl groups is 1. The van der Waals surface area contributed by atoms with Crippen LogP contribution in [0.5, 0.6) is 0 Å². The molecule has 0 radical (unpaired) electrons. The first-order chi connectivity index (χ1) is 31.5. The molecule has 66 heavy (non-hydrogen) atoms. The van der Waals surface area contributed by atoms with E-state index in [2.05, 4.69) is 44.0 Å². The van der Waals surface area contributed by atoms with Gasteiger partial charge < -0.3 is 15.2 Å². The Kier molecular flexibility index (Phi) is 14.7. The van der Waals surface area contributed by atoms with Gasteiger partial charge in [0.25, 0.3) is 0 Å². The summed E-state index contributed by atoms with van der Waals surface area (Å²) in [6.45, 7) is 11.7. The molecule has 2 saturated carbocycles. The minimum atomic E-state index is -5.05. The molecule has 358 valence electrons. The number of fused-ring (bicyclic) bond motifs is 6. The number of carbonyl (C=O) groups excluding carboxylic acids is 4. The van der Waals surface area contributed by atoms with Crippen LogP contribution in [0.15, 0.2) is 77.4 Å². The molecule has 11 heteroatoms. The number of allylic oxidation sites excluding steroid dienone is 2. The van der Waals surface area contributed by atoms with E-state index in [0.717, 1.165) is 58.0 Å². The second kappa shape index (κ2) is 20.0. The van der Waals surface area contributed by atoms with Crippen LogP contribution in [0.1, 0.15) is 145 Å². The fourth-order valence-electron chi connectivity index (χ4n) is 13.7. The van der Waals surface area contributed by atoms with Gasteiger partial charge in [-0.3, -0.25) is 24.1 Å². The maximum atomic E-state index is 13.3. The number of likely N-dealkylation sites (tertiary alicyclic amines) is 1. The van der Waals surface area contributed by atoms with Crippen LogP contribution in [0.3, 0.4) is 0 Å². The Bertz CT molecular complexity index is 2170. The van der Waals surface area contributed by atoms with Gasteiger partial charge in [-0.15, -0.1) is 0 Å². The number of ether oxygens (including phenoxy) is 1. The number of ketones is 3. The molecule has 2 aromatic carbocycles. The molecular weight excluding hydrogens is 842 g/mol. The number of unbranched alkanes of at least 4 members (excludes halogenated alkanes) is 2. The lowest BCUT2D eigenvalue weighted by Crippen LogP contribution is -2.52. The van der Waals surface area contributed by atoms with E-state index in [1.54, 1.807) is 60.2 Å². The standard InChI is InChI=1S/C55H71F3N2O6/c1-34-28-48-50(36(3)54(66-48)25-23-44-45-21-20-41-31-43(62)22-24-53(41,4)47(45)32-46(44)35(54)2)60(33-34)27-11-15-42(61)14-9-6-10-26-59-52(65)40(30-49(63)55(56,57)58)29-37-16-18-39(19-17-37)51(64)38-12-7-5-8-13-38/h5,7-8,12-13,16-20,34,36,40,43-45,47-48,50,62H,6,9-11,14-15,21-33H2,1-4H3,(H,59,65)/t34-,36+,40+,43-,44-,45-,47-,48+,50-,53-,54-/m0/s1. The summed E-state index contributed by atoms with van der Waals surface area (Å²) in [6, 6.07) is 15.4. The van der Waals surface area contributed by atoms with Crippen molar-refractivity contribution in [2.45, 2.75) is 160 Å². The molecule has 1 spiro atoms. The number of aliphatic hydroxyl groups excluding tert-OH is 1. The first-order valence-corrected chi connectivity index (χ1v) is 25.1. The SMILES string of the molecule is CC1=C2C[C@H]3[C@@H](CC=C4C[C@@H](O)CC[C@@]43C)[C@@H]2CC[C@]12O[C@@H]1C[C@H](C)CN(CCCC(=O)CCCCCNC(=O)[C@@H](CC(=O)C(F)(F)F)Cc3ccc(C(=O)c4ccccc4)cc3)[C@H]1[C@H]2C. The molecule has 2 aliphatic heterocycles. The van der Waals surface area contributed by atoms with Gasteiger partial charge in [0.15, 0.2) is 5.78 Å². The van der Waals surface area contributed by atoms with Crippen molar-refractivity contribution in [2.24, 2.45) is 40.9 Å². The summed E-state index contributed by atoms with van der Waals surface area (Å²) < 4.78 is 47.2. The van der Waals surface area contributed by atoms with Crippen molar-refractivity contribution in [1.29, 1.82) is 0 Å². The van der Waals surface area contributed by atoms with Gasteiger partial charge in [0.1, 0.15) is 5.78 Å². The number of hydrogen-bond donors (Lipinski definition) is 2. The molecule has 8 rings (SSSR count). The van der Waals surface area contributed by atoms with Gasteiger partial charge in [-0.25, -0.2) is 0 Å². The van der Waals surface area contributed by atoms with Crippen LogP contribution in [-0.2, 0) is 25.5 Å². The predicted octanol–water partition coefficient (Wildman–Crippen LogP) is 10.4. The zero-order valence-electron chi connectivity index (χ0n) is 39.5. The second-order valence-corrected chi connectivity index (χ2v) is 21.4. The molecule has 1 amide bonds. The Morgan fingerprint density at radius 2 is 1.65 bits per heavy atom. The van der Waals surface area contributed by atoms with E-state index in [-0.39, 0.29) is 47.8 Å². The largest absolute Gasteiger partial charge is 0.449 e. The van der Waals surface area contributed by atoms with Gasteiger partial charge in [-0.1, -0.05) is 99.0 Å². The quantitative estimate of drug-likeness (QED) is 0.0923. The molecule has 11 atom stereocenters. The van der Waals surface area contributed by atoms with Crippen LogP contribution in [0.2, 0.25) is 0 Å². The van der Waals surface area contributed by atoms with Crippen LogP contribution in [0.25, 0.3) is 0 Å². The molecular formula is C55H71F3N2O6. The molecule has 0 unspecified atom stereocenters. The summed E-state index contributed by atoms with van der Waals surface area (Å²) in [5.41, 5.74) is 6.11. The number of carbonyl (C=O) groups is 4. The van der Waals surface area contributed by atoms with E-state index < -0.39 is 30.2 Å². The summed E-state index contributed by atoms with van der Waals surface area (Å²) in [4.78, 5) is 53.7. The number of nitrogens with zero attached hydrogens (tertiary/aromatic N) is 1. The number of benzene rings is 2. The third-order valence-corrected chi connectivity index (χ3v) is 17.3. The molecule has 4 aliphatic carbocycles. The summed E-state index contributed by atoms with van der Waals surface area (Å²) in [5, 5.41) is 13.2. The number of alkyl halides is 3. The van der Waals surface area contributed by atoms with Gasteiger partial charge in [-0.05, 0) is 131 Å². The summed E-state index contributed by atoms with van der Waals surface area (Å²) in [7, 11) is 0. The monoisotopic (exact) mass is 913 g/mol. The molecule has 8 nitrogen and oxygen atoms in total. The minimum Gasteiger partial charge on any atom is -0.393 e. The van der Waals surface area contributed by atoms with E-state index in [1.807, 2.05) is 0 Å². The smallest absolute Gasteiger partial charge is 0.393 e. The third kappa shape index (κ3) is 9.96. The van der Waals surface area contributed by atoms with E-state index in [0.29, 0.717) is 84.4 Å². The lowest BCUT2D eigenvalue weighted by Gasteiger charge is -2.49. The number of amides is 1. The maximum absolute atomic E-state index is 13.3. The van der Waals surface area contributed by atoms with E-state index >= 15 is 0 Å². The Balaban J connectivity index is 0.785. The van der Waals surface area contributed by atoms with Crippen molar-refractivity contribution in [3.8, 4) is 0 Å². The topological polar surface area (TPSA) is 113 Å². The van der Waals surface area contributed by atoms with Crippen molar-refractivity contribution in [1.82, 2.24) is 10.2 Å². The Morgan fingerprint density at radius 3 is 2.39 bits per heavy atom. The Labute approximate surface area is 389 Å². The second-order valence-electron chi connectivity index (χ2n) is 21.4. The van der Waals surface area contributed by atoms with Crippen molar-refractivity contribution < 1.29 is 42.2 Å². The lowest BCUT2D eigenvalue weighted by molar-refractivity contribution is -0.172. The zero-order chi connectivity index (χ0) is 47.0. The van der Waals surface area contributed by atoms with Crippen LogP contribution in [0.4, 0.5) is 13.2 Å². The number of piperidine rings is 1. The Morgan fingerprint density at radius 1 is 0.924 bits per heavy atom. The fraction of sp³-hybridized carbons (Fsp3) is 0.636. The minimum absolute atomic E-state index is 0.0861. The van der Waals surface area contributed by atoms with Crippen LogP contribution >= 0.6 is 0 Å². The van der Waals surface area contributed by atoms with Crippen LogP contribution in [-0.4, -0.2) is 82.9 Å². The molecule has 6 aliphatic rings. The average molecular weight is 913 g/mol. The molecule has 0 aromatic heterocycles. The van der Waals surface area contributed by atoms with Crippen LogP contribution in [0, 0.1) is 40.9 Å². The van der Waals surface area contributed by atoms with Crippen molar-refractivity contribution in [2.75, 3.05) is 19.6 Å². The zero-order valence-corrected chi connectivity index (χ0v) is 39.5. The average Bonchev–Trinajstić information content (AvgIpc) is 3.82. The molecule has 2 heterocycles. The highest BCUT2D eigenvalue weighted by atomic mass is 19.4. The first-order valence-electron chi connectivity index (χ1n) is 25.1. The normalized spacial score (nSPS) is 32.2. The van der Waals surface area contributed by atoms with Gasteiger partial charge in [0.2, 0.25) is 11.7 Å². The van der Waals surface area contributed by atoms with E-state index in [9.17, 15) is 37.5 Å². The van der Waals surface area contributed by atoms with Crippen molar-refractivity contribution in [3.05, 3.63) is 94.1 Å². The molecule has 2 aromatic rings. The lowest BCUT2D eigenvalue weighted by atomic mass is 9.56. The summed E-state index contributed by atoms with van der Waals surface area (Å²) >= 11 is 0. The molecule has 2 saturated heterocycles. The number of rotatable bonds is 17. The van der Waals surface area contributed by atoms with E-state index in [4.69, 9.17) is 4.74 Å². The highest BCUT2D eigenvalue weighted by molar-refractivity contribution is 6.09. The number of Topliss-reactive ketones (excluding diaryl/α,β-unsaturated/α-hetero) is 2. The fourth-order valence-corrected chi connectivity index (χ4v) is 13.7. The Hall–Kier alpha value is -3.93. The van der Waals surface area contributed by atoms with Crippen molar-refractivity contribution >= 4 is 23.3 Å². The molecule has 0 bridgehead atoms. The molecule has 4 fully saturated rings. The highest BCUT2D eigenvalue weighted by Gasteiger charge is 2.61. The van der Waals surface area contributed by atoms with Crippen molar-refractivity contribution in [3.63, 3.8) is 0 Å². The summed E-state index contributed by atoms with van der Waals surface area (Å²) in [6.07, 6.45) is 8.50. The van der Waals surface area contributed by atoms with Gasteiger partial charge in [-0.2, -0.15) is 13.2 Å². The van der Waals surface area contributed by atoms with Gasteiger partial charge in [0.05, 0.1) is 17.8 Å². The maximum Gasteiger partial charge on any atom is 0.449 e. The number of halogens is 3.